The third kappa shape index (κ3) is 4.53. The van der Waals surface area contributed by atoms with Crippen LogP contribution in [0.5, 0.6) is 0 Å². The Hall–Kier alpha value is -2.80. The van der Waals surface area contributed by atoms with Gasteiger partial charge in [-0.25, -0.2) is 0 Å². The van der Waals surface area contributed by atoms with E-state index in [-0.39, 0.29) is 28.0 Å². The molecule has 0 saturated heterocycles. The van der Waals surface area contributed by atoms with E-state index in [2.05, 4.69) is 0 Å². The van der Waals surface area contributed by atoms with Crippen molar-refractivity contribution in [2.24, 2.45) is 0 Å². The van der Waals surface area contributed by atoms with Crippen molar-refractivity contribution in [2.75, 3.05) is 38.0 Å². The molecule has 0 amide bonds. The topological polar surface area (TPSA) is 10.4 Å². The first kappa shape index (κ1) is 23.9. The minimum absolute atomic E-state index is 0. The SMILES string of the molecule is CN(C)c1ccc2cc3c(Cc4ccccc4)cc(N(C)C)cc3[n+](C(F)(F)F)c2c1.[Br-]. The molecule has 0 aliphatic carbocycles. The van der Waals surface area contributed by atoms with Crippen LogP contribution >= 0.6 is 0 Å². The summed E-state index contributed by atoms with van der Waals surface area (Å²) in [7, 11) is 7.33. The zero-order chi connectivity index (χ0) is 22.3. The molecule has 168 valence electrons. The van der Waals surface area contributed by atoms with E-state index in [9.17, 15) is 13.2 Å². The Bertz CT molecular complexity index is 1250. The Balaban J connectivity index is 0.00000289. The second-order valence-corrected chi connectivity index (χ2v) is 8.18. The fourth-order valence-electron chi connectivity index (χ4n) is 3.94. The fourth-order valence-corrected chi connectivity index (χ4v) is 3.94. The number of hydrogen-bond donors (Lipinski definition) is 0. The minimum atomic E-state index is -4.56. The summed E-state index contributed by atoms with van der Waals surface area (Å²) in [5.41, 5.74) is 3.68. The number of hydrogen-bond acceptors (Lipinski definition) is 2. The summed E-state index contributed by atoms with van der Waals surface area (Å²) >= 11 is 0. The maximum Gasteiger partial charge on any atom is 0.639 e. The second kappa shape index (κ2) is 8.98. The first-order chi connectivity index (χ1) is 14.6. The van der Waals surface area contributed by atoms with Crippen molar-refractivity contribution in [3.63, 3.8) is 0 Å². The first-order valence-corrected chi connectivity index (χ1v) is 10.1. The summed E-state index contributed by atoms with van der Waals surface area (Å²) in [4.78, 5) is 3.65. The Morgan fingerprint density at radius 1 is 0.750 bits per heavy atom. The van der Waals surface area contributed by atoms with Crippen molar-refractivity contribution >= 4 is 33.2 Å². The molecule has 7 heteroatoms. The molecule has 0 unspecified atom stereocenters. The van der Waals surface area contributed by atoms with Gasteiger partial charge in [0.25, 0.3) is 0 Å². The molecule has 0 fully saturated rings. The number of fused-ring (bicyclic) bond motifs is 2. The van der Waals surface area contributed by atoms with Gasteiger partial charge in [0, 0.05) is 57.1 Å². The van der Waals surface area contributed by atoms with Gasteiger partial charge in [-0.15, -0.1) is 13.2 Å². The first-order valence-electron chi connectivity index (χ1n) is 10.1. The van der Waals surface area contributed by atoms with Gasteiger partial charge in [0.2, 0.25) is 11.0 Å². The highest BCUT2D eigenvalue weighted by Crippen LogP contribution is 2.32. The number of benzene rings is 3. The van der Waals surface area contributed by atoms with Crippen LogP contribution in [0.25, 0.3) is 21.8 Å². The summed E-state index contributed by atoms with van der Waals surface area (Å²) in [5.74, 6) is 0. The van der Waals surface area contributed by atoms with Crippen LogP contribution in [0.2, 0.25) is 0 Å². The van der Waals surface area contributed by atoms with E-state index < -0.39 is 6.30 Å². The maximum absolute atomic E-state index is 14.4. The van der Waals surface area contributed by atoms with E-state index in [1.807, 2.05) is 81.6 Å². The molecule has 0 N–H and O–H groups in total. The van der Waals surface area contributed by atoms with Gasteiger partial charge in [0.1, 0.15) is 0 Å². The van der Waals surface area contributed by atoms with Gasteiger partial charge >= 0.3 is 6.30 Å². The Morgan fingerprint density at radius 3 is 1.97 bits per heavy atom. The fraction of sp³-hybridized carbons (Fsp3) is 0.240. The Morgan fingerprint density at radius 2 is 1.38 bits per heavy atom. The zero-order valence-electron chi connectivity index (χ0n) is 18.4. The van der Waals surface area contributed by atoms with Crippen LogP contribution in [-0.2, 0) is 12.7 Å². The van der Waals surface area contributed by atoms with E-state index in [4.69, 9.17) is 0 Å². The van der Waals surface area contributed by atoms with Crippen molar-refractivity contribution in [2.45, 2.75) is 12.7 Å². The minimum Gasteiger partial charge on any atom is -1.00 e. The zero-order valence-corrected chi connectivity index (χ0v) is 20.0. The van der Waals surface area contributed by atoms with E-state index in [1.165, 1.54) is 0 Å². The van der Waals surface area contributed by atoms with Crippen LogP contribution in [0.3, 0.4) is 0 Å². The number of pyridine rings is 1. The molecule has 4 aromatic rings. The Kier molecular flexibility index (Phi) is 6.69. The van der Waals surface area contributed by atoms with E-state index >= 15 is 0 Å². The molecule has 0 bridgehead atoms. The lowest BCUT2D eigenvalue weighted by Crippen LogP contribution is -3.00. The van der Waals surface area contributed by atoms with Crippen LogP contribution in [0, 0.1) is 0 Å². The summed E-state index contributed by atoms with van der Waals surface area (Å²) in [6, 6.07) is 20.5. The summed E-state index contributed by atoms with van der Waals surface area (Å²) in [6.07, 6.45) is -4.00. The predicted molar refractivity (Wildman–Crippen MR) is 121 cm³/mol. The molecule has 0 aliphatic heterocycles. The quantitative estimate of drug-likeness (QED) is 0.313. The van der Waals surface area contributed by atoms with Gasteiger partial charge in [-0.3, -0.25) is 0 Å². The molecule has 0 aliphatic rings. The molecule has 1 heterocycles. The third-order valence-electron chi connectivity index (χ3n) is 5.55. The van der Waals surface area contributed by atoms with Gasteiger partial charge < -0.3 is 26.8 Å². The number of rotatable bonds is 4. The average molecular weight is 504 g/mol. The third-order valence-corrected chi connectivity index (χ3v) is 5.55. The van der Waals surface area contributed by atoms with E-state index in [0.717, 1.165) is 22.5 Å². The molecule has 3 aromatic carbocycles. The molecule has 32 heavy (non-hydrogen) atoms. The smallest absolute Gasteiger partial charge is 0.639 e. The van der Waals surface area contributed by atoms with Gasteiger partial charge in [-0.05, 0) is 41.8 Å². The molecule has 3 nitrogen and oxygen atoms in total. The van der Waals surface area contributed by atoms with Gasteiger partial charge in [0.15, 0.2) is 0 Å². The van der Waals surface area contributed by atoms with Crippen molar-refractivity contribution in [1.29, 1.82) is 0 Å². The molecule has 4 rings (SSSR count). The van der Waals surface area contributed by atoms with Crippen LogP contribution in [0.1, 0.15) is 11.1 Å². The monoisotopic (exact) mass is 503 g/mol. The molecule has 0 atom stereocenters. The molecule has 0 spiro atoms. The van der Waals surface area contributed by atoms with Gasteiger partial charge in [-0.2, -0.15) is 0 Å². The molecule has 0 saturated carbocycles. The van der Waals surface area contributed by atoms with E-state index in [1.54, 1.807) is 23.1 Å². The summed E-state index contributed by atoms with van der Waals surface area (Å²) < 4.78 is 43.7. The van der Waals surface area contributed by atoms with Crippen LogP contribution in [-0.4, -0.2) is 28.2 Å². The molecule has 1 aromatic heterocycles. The largest absolute Gasteiger partial charge is 1.00 e. The maximum atomic E-state index is 14.4. The normalized spacial score (nSPS) is 11.5. The number of anilines is 2. The van der Waals surface area contributed by atoms with Crippen molar-refractivity contribution < 1.29 is 34.7 Å². The summed E-state index contributed by atoms with van der Waals surface area (Å²) in [6.45, 7) is 0. The van der Waals surface area contributed by atoms with Crippen LogP contribution in [0.4, 0.5) is 24.5 Å². The average Bonchev–Trinajstić information content (AvgIpc) is 2.71. The molecular weight excluding hydrogens is 479 g/mol. The molecule has 0 radical (unpaired) electrons. The van der Waals surface area contributed by atoms with Crippen LogP contribution in [0.15, 0.2) is 66.7 Å². The number of halogens is 4. The highest BCUT2D eigenvalue weighted by Gasteiger charge is 2.45. The number of aromatic nitrogens is 1. The van der Waals surface area contributed by atoms with Crippen molar-refractivity contribution in [3.8, 4) is 0 Å². The van der Waals surface area contributed by atoms with Gasteiger partial charge in [-0.1, -0.05) is 34.9 Å². The van der Waals surface area contributed by atoms with Crippen molar-refractivity contribution in [1.82, 2.24) is 0 Å². The lowest BCUT2D eigenvalue weighted by atomic mass is 9.98. The lowest BCUT2D eigenvalue weighted by Gasteiger charge is -2.18. The second-order valence-electron chi connectivity index (χ2n) is 8.18. The van der Waals surface area contributed by atoms with Crippen LogP contribution < -0.4 is 31.3 Å². The summed E-state index contributed by atoms with van der Waals surface area (Å²) in [5, 5.41) is 1.17. The number of alkyl halides is 3. The predicted octanol–water partition coefficient (Wildman–Crippen LogP) is 2.48. The van der Waals surface area contributed by atoms with E-state index in [0.29, 0.717) is 21.8 Å². The number of nitrogens with zero attached hydrogens (tertiary/aromatic N) is 3. The Labute approximate surface area is 196 Å². The van der Waals surface area contributed by atoms with Gasteiger partial charge in [0.05, 0.1) is 5.39 Å². The highest BCUT2D eigenvalue weighted by molar-refractivity contribution is 5.93. The lowest BCUT2D eigenvalue weighted by molar-refractivity contribution is -0.817. The van der Waals surface area contributed by atoms with Crippen molar-refractivity contribution in [3.05, 3.63) is 77.9 Å². The highest BCUT2D eigenvalue weighted by atomic mass is 79.9. The molecular formula is C25H25BrF3N3. The standard InChI is InChI=1S/C25H25F3N3.BrH/c1-29(2)20-11-10-18-14-22-19(12-17-8-6-5-7-9-17)13-21(30(3)4)16-24(22)31(23(18)15-20)25(26,27)28;/h5-11,13-16H,12H2,1-4H3;1H/q+1;/p-1.